The Morgan fingerprint density at radius 1 is 1.35 bits per heavy atom. The molecule has 2 unspecified atom stereocenters. The van der Waals surface area contributed by atoms with E-state index in [4.69, 9.17) is 0 Å². The van der Waals surface area contributed by atoms with E-state index in [-0.39, 0.29) is 11.7 Å². The van der Waals surface area contributed by atoms with Crippen LogP contribution in [0, 0.1) is 5.82 Å². The summed E-state index contributed by atoms with van der Waals surface area (Å²) in [6.07, 6.45) is 4.08. The minimum absolute atomic E-state index is 0.0164. The van der Waals surface area contributed by atoms with Crippen molar-refractivity contribution in [1.82, 2.24) is 4.98 Å². The Bertz CT molecular complexity index is 632. The zero-order chi connectivity index (χ0) is 14.1. The molecule has 3 rings (SSSR count). The van der Waals surface area contributed by atoms with Crippen molar-refractivity contribution in [3.05, 3.63) is 63.6 Å². The van der Waals surface area contributed by atoms with Crippen molar-refractivity contribution in [2.24, 2.45) is 0 Å². The van der Waals surface area contributed by atoms with Crippen LogP contribution in [0.3, 0.4) is 0 Å². The Hall–Kier alpha value is -1.26. The van der Waals surface area contributed by atoms with Gasteiger partial charge in [-0.3, -0.25) is 4.98 Å². The summed E-state index contributed by atoms with van der Waals surface area (Å²) in [5.41, 5.74) is 2.91. The fraction of sp³-hybridized carbons (Fsp3) is 0.312. The average Bonchev–Trinajstić information content (AvgIpc) is 2.49. The van der Waals surface area contributed by atoms with Gasteiger partial charge in [-0.25, -0.2) is 4.39 Å². The topological polar surface area (TPSA) is 33.1 Å². The molecule has 0 aliphatic heterocycles. The number of hydrogen-bond acceptors (Lipinski definition) is 2. The van der Waals surface area contributed by atoms with Gasteiger partial charge in [0.2, 0.25) is 0 Å². The van der Waals surface area contributed by atoms with E-state index in [1.54, 1.807) is 18.3 Å². The number of nitrogens with zero attached hydrogens (tertiary/aromatic N) is 1. The highest BCUT2D eigenvalue weighted by molar-refractivity contribution is 9.10. The summed E-state index contributed by atoms with van der Waals surface area (Å²) in [6, 6.07) is 8.67. The van der Waals surface area contributed by atoms with E-state index < -0.39 is 6.10 Å². The summed E-state index contributed by atoms with van der Waals surface area (Å²) in [5.74, 6) is -0.333. The first-order valence-electron chi connectivity index (χ1n) is 6.73. The smallest absolute Gasteiger partial charge is 0.137 e. The van der Waals surface area contributed by atoms with Gasteiger partial charge < -0.3 is 5.11 Å². The van der Waals surface area contributed by atoms with Gasteiger partial charge in [-0.2, -0.15) is 0 Å². The predicted molar refractivity (Wildman–Crippen MR) is 79.0 cm³/mol. The van der Waals surface area contributed by atoms with Crippen molar-refractivity contribution in [2.45, 2.75) is 31.3 Å². The lowest BCUT2D eigenvalue weighted by atomic mass is 9.81. The molecule has 1 N–H and O–H groups in total. The van der Waals surface area contributed by atoms with Crippen molar-refractivity contribution in [3.8, 4) is 0 Å². The van der Waals surface area contributed by atoms with Crippen LogP contribution in [0.2, 0.25) is 0 Å². The number of benzene rings is 1. The first-order chi connectivity index (χ1) is 9.66. The van der Waals surface area contributed by atoms with Gasteiger partial charge in [0.1, 0.15) is 5.82 Å². The van der Waals surface area contributed by atoms with Gasteiger partial charge in [0.25, 0.3) is 0 Å². The number of aryl methyl sites for hydroxylation is 1. The molecule has 0 amide bonds. The molecule has 2 aromatic rings. The molecule has 2 nitrogen and oxygen atoms in total. The molecule has 0 radical (unpaired) electrons. The molecule has 20 heavy (non-hydrogen) atoms. The van der Waals surface area contributed by atoms with Gasteiger partial charge in [0, 0.05) is 17.8 Å². The van der Waals surface area contributed by atoms with Gasteiger partial charge in [0.15, 0.2) is 0 Å². The molecule has 2 atom stereocenters. The maximum absolute atomic E-state index is 13.3. The van der Waals surface area contributed by atoms with E-state index >= 15 is 0 Å². The second kappa shape index (κ2) is 5.62. The van der Waals surface area contributed by atoms with Crippen LogP contribution >= 0.6 is 15.9 Å². The highest BCUT2D eigenvalue weighted by atomic mass is 79.9. The van der Waals surface area contributed by atoms with Crippen LogP contribution in [0.25, 0.3) is 0 Å². The van der Waals surface area contributed by atoms with Crippen LogP contribution in [0.1, 0.15) is 41.7 Å². The lowest BCUT2D eigenvalue weighted by molar-refractivity contribution is 0.134. The number of pyridine rings is 1. The second-order valence-corrected chi connectivity index (χ2v) is 6.02. The van der Waals surface area contributed by atoms with Crippen molar-refractivity contribution in [2.75, 3.05) is 0 Å². The van der Waals surface area contributed by atoms with E-state index in [9.17, 15) is 9.50 Å². The Morgan fingerprint density at radius 2 is 2.20 bits per heavy atom. The van der Waals surface area contributed by atoms with E-state index in [0.29, 0.717) is 4.47 Å². The molecule has 1 aliphatic rings. The average molecular weight is 336 g/mol. The summed E-state index contributed by atoms with van der Waals surface area (Å²) in [7, 11) is 0. The highest BCUT2D eigenvalue weighted by Crippen LogP contribution is 2.39. The maximum atomic E-state index is 13.3. The molecule has 4 heteroatoms. The number of rotatable bonds is 2. The van der Waals surface area contributed by atoms with Gasteiger partial charge in [0.05, 0.1) is 10.6 Å². The molecular formula is C16H15BrFNO. The van der Waals surface area contributed by atoms with Crippen LogP contribution in [-0.2, 0) is 6.42 Å². The van der Waals surface area contributed by atoms with Crippen LogP contribution in [0.15, 0.2) is 41.0 Å². The van der Waals surface area contributed by atoms with Crippen molar-refractivity contribution < 1.29 is 9.50 Å². The first-order valence-corrected chi connectivity index (χ1v) is 7.53. The third-order valence-corrected chi connectivity index (χ3v) is 4.51. The maximum Gasteiger partial charge on any atom is 0.137 e. The van der Waals surface area contributed by atoms with Gasteiger partial charge in [-0.05, 0) is 64.5 Å². The van der Waals surface area contributed by atoms with Crippen LogP contribution in [0.5, 0.6) is 0 Å². The Balaban J connectivity index is 1.95. The summed E-state index contributed by atoms with van der Waals surface area (Å²) in [6.45, 7) is 0. The van der Waals surface area contributed by atoms with Gasteiger partial charge >= 0.3 is 0 Å². The van der Waals surface area contributed by atoms with Crippen LogP contribution in [-0.4, -0.2) is 10.1 Å². The van der Waals surface area contributed by atoms with Crippen molar-refractivity contribution in [3.63, 3.8) is 0 Å². The molecular weight excluding hydrogens is 321 g/mol. The summed E-state index contributed by atoms with van der Waals surface area (Å²) >= 11 is 3.17. The molecule has 1 aromatic carbocycles. The minimum atomic E-state index is -0.652. The monoisotopic (exact) mass is 335 g/mol. The highest BCUT2D eigenvalue weighted by Gasteiger charge is 2.29. The number of aromatic nitrogens is 1. The van der Waals surface area contributed by atoms with Crippen molar-refractivity contribution >= 4 is 15.9 Å². The fourth-order valence-electron chi connectivity index (χ4n) is 2.88. The first kappa shape index (κ1) is 13.7. The van der Waals surface area contributed by atoms with Crippen LogP contribution < -0.4 is 0 Å². The normalized spacial score (nSPS) is 19.4. The van der Waals surface area contributed by atoms with Crippen LogP contribution in [0.4, 0.5) is 4.39 Å². The molecule has 1 aliphatic carbocycles. The lowest BCUT2D eigenvalue weighted by Crippen LogP contribution is -2.18. The quantitative estimate of drug-likeness (QED) is 0.894. The molecule has 1 aromatic heterocycles. The summed E-state index contributed by atoms with van der Waals surface area (Å²) < 4.78 is 13.7. The van der Waals surface area contributed by atoms with E-state index in [1.807, 2.05) is 6.07 Å². The Kier molecular flexibility index (Phi) is 3.85. The molecule has 104 valence electrons. The van der Waals surface area contributed by atoms with E-state index in [2.05, 4.69) is 27.0 Å². The van der Waals surface area contributed by atoms with Gasteiger partial charge in [-0.1, -0.05) is 12.1 Å². The summed E-state index contributed by atoms with van der Waals surface area (Å²) in [4.78, 5) is 4.44. The standard InChI is InChI=1S/C16H15BrFNO/c17-13-9-11(6-7-14(13)18)16(20)12-5-1-3-10-4-2-8-19-15(10)12/h2,4,6-9,12,16,20H,1,3,5H2. The fourth-order valence-corrected chi connectivity index (χ4v) is 3.28. The number of fused-ring (bicyclic) bond motifs is 1. The largest absolute Gasteiger partial charge is 0.388 e. The zero-order valence-corrected chi connectivity index (χ0v) is 12.5. The Morgan fingerprint density at radius 3 is 3.00 bits per heavy atom. The third-order valence-electron chi connectivity index (χ3n) is 3.90. The predicted octanol–water partition coefficient (Wildman–Crippen LogP) is 4.14. The van der Waals surface area contributed by atoms with Gasteiger partial charge in [-0.15, -0.1) is 0 Å². The van der Waals surface area contributed by atoms with Crippen molar-refractivity contribution in [1.29, 1.82) is 0 Å². The number of aliphatic hydroxyl groups excluding tert-OH is 1. The summed E-state index contributed by atoms with van der Waals surface area (Å²) in [5, 5.41) is 10.6. The molecule has 1 heterocycles. The second-order valence-electron chi connectivity index (χ2n) is 5.16. The SMILES string of the molecule is OC(c1ccc(F)c(Br)c1)C1CCCc2cccnc21. The number of aliphatic hydroxyl groups is 1. The molecule has 0 bridgehead atoms. The van der Waals surface area contributed by atoms with E-state index in [1.165, 1.54) is 11.6 Å². The van der Waals surface area contributed by atoms with E-state index in [0.717, 1.165) is 30.5 Å². The molecule has 0 saturated heterocycles. The molecule has 0 spiro atoms. The minimum Gasteiger partial charge on any atom is -0.388 e. The molecule has 0 saturated carbocycles. The Labute approximate surface area is 125 Å². The third kappa shape index (κ3) is 2.50. The molecule has 0 fully saturated rings. The zero-order valence-electron chi connectivity index (χ0n) is 10.9. The number of hydrogen-bond donors (Lipinski definition) is 1. The number of halogens is 2. The lowest BCUT2D eigenvalue weighted by Gasteiger charge is -2.28.